The van der Waals surface area contributed by atoms with Crippen molar-refractivity contribution in [3.63, 3.8) is 0 Å². The lowest BCUT2D eigenvalue weighted by atomic mass is 10.0. The molecule has 0 amide bonds. The highest BCUT2D eigenvalue weighted by atomic mass is 35.5. The molecule has 0 fully saturated rings. The Morgan fingerprint density at radius 1 is 1.17 bits per heavy atom. The molecule has 1 aliphatic rings. The van der Waals surface area contributed by atoms with Gasteiger partial charge in [0.1, 0.15) is 5.82 Å². The standard InChI is InChI=1S/C17H12Cl2N4/c18-8-12-10-23-15-5-4-11(19)7-13(15)17(21-9-16(23)22-12)14-3-1-2-6-20-14/h1-7,10H,8-9H2. The fraction of sp³-hybridized carbons (Fsp3) is 0.118. The van der Waals surface area contributed by atoms with Crippen LogP contribution < -0.4 is 0 Å². The van der Waals surface area contributed by atoms with Crippen molar-refractivity contribution in [1.29, 1.82) is 0 Å². The number of hydrogen-bond acceptors (Lipinski definition) is 3. The number of imidazole rings is 1. The van der Waals surface area contributed by atoms with Gasteiger partial charge in [-0.05, 0) is 30.3 Å². The summed E-state index contributed by atoms with van der Waals surface area (Å²) in [6.07, 6.45) is 3.71. The molecule has 0 radical (unpaired) electrons. The van der Waals surface area contributed by atoms with Gasteiger partial charge in [-0.25, -0.2) is 4.98 Å². The number of fused-ring (bicyclic) bond motifs is 3. The van der Waals surface area contributed by atoms with E-state index in [2.05, 4.69) is 9.97 Å². The highest BCUT2D eigenvalue weighted by Gasteiger charge is 2.21. The zero-order valence-corrected chi connectivity index (χ0v) is 13.6. The quantitative estimate of drug-likeness (QED) is 0.660. The van der Waals surface area contributed by atoms with Crippen LogP contribution in [0.3, 0.4) is 0 Å². The monoisotopic (exact) mass is 342 g/mol. The van der Waals surface area contributed by atoms with Gasteiger partial charge in [0.15, 0.2) is 0 Å². The normalized spacial score (nSPS) is 13.0. The number of benzene rings is 1. The number of aliphatic imine (C=N–C) groups is 1. The molecular formula is C17H12Cl2N4. The van der Waals surface area contributed by atoms with Gasteiger partial charge in [0, 0.05) is 23.0 Å². The average Bonchev–Trinajstić information content (AvgIpc) is 2.93. The van der Waals surface area contributed by atoms with E-state index in [1.807, 2.05) is 47.2 Å². The van der Waals surface area contributed by atoms with Gasteiger partial charge >= 0.3 is 0 Å². The van der Waals surface area contributed by atoms with Gasteiger partial charge in [-0.2, -0.15) is 0 Å². The van der Waals surface area contributed by atoms with E-state index >= 15 is 0 Å². The van der Waals surface area contributed by atoms with E-state index in [-0.39, 0.29) is 0 Å². The maximum absolute atomic E-state index is 6.22. The van der Waals surface area contributed by atoms with Crippen molar-refractivity contribution in [2.45, 2.75) is 12.4 Å². The number of aromatic nitrogens is 3. The number of hydrogen-bond donors (Lipinski definition) is 0. The van der Waals surface area contributed by atoms with Crippen molar-refractivity contribution in [3.05, 3.63) is 76.6 Å². The zero-order chi connectivity index (χ0) is 15.8. The van der Waals surface area contributed by atoms with Gasteiger partial charge in [-0.3, -0.25) is 9.98 Å². The smallest absolute Gasteiger partial charge is 0.135 e. The Morgan fingerprint density at radius 3 is 2.87 bits per heavy atom. The molecule has 3 aromatic rings. The summed E-state index contributed by atoms with van der Waals surface area (Å²) >= 11 is 12.1. The van der Waals surface area contributed by atoms with Crippen LogP contribution in [0.2, 0.25) is 5.02 Å². The molecule has 23 heavy (non-hydrogen) atoms. The van der Waals surface area contributed by atoms with E-state index in [9.17, 15) is 0 Å². The molecule has 4 rings (SSSR count). The molecular weight excluding hydrogens is 331 g/mol. The summed E-state index contributed by atoms with van der Waals surface area (Å²) in [5.41, 5.74) is 4.39. The van der Waals surface area contributed by atoms with Gasteiger partial charge in [0.2, 0.25) is 0 Å². The van der Waals surface area contributed by atoms with Crippen LogP contribution in [-0.2, 0) is 12.4 Å². The van der Waals surface area contributed by atoms with E-state index in [0.29, 0.717) is 17.4 Å². The molecule has 1 aliphatic heterocycles. The van der Waals surface area contributed by atoms with Crippen molar-refractivity contribution >= 4 is 28.9 Å². The van der Waals surface area contributed by atoms with Crippen LogP contribution in [0.4, 0.5) is 0 Å². The molecule has 6 heteroatoms. The minimum Gasteiger partial charge on any atom is -0.301 e. The Labute approximate surface area is 143 Å². The summed E-state index contributed by atoms with van der Waals surface area (Å²) in [4.78, 5) is 13.7. The van der Waals surface area contributed by atoms with Gasteiger partial charge in [-0.15, -0.1) is 11.6 Å². The first-order valence-electron chi connectivity index (χ1n) is 7.15. The summed E-state index contributed by atoms with van der Waals surface area (Å²) in [6, 6.07) is 11.5. The molecule has 0 saturated carbocycles. The molecule has 0 saturated heterocycles. The van der Waals surface area contributed by atoms with E-state index < -0.39 is 0 Å². The maximum atomic E-state index is 6.22. The average molecular weight is 343 g/mol. The number of nitrogens with zero attached hydrogens (tertiary/aromatic N) is 4. The predicted molar refractivity (Wildman–Crippen MR) is 91.7 cm³/mol. The van der Waals surface area contributed by atoms with Crippen molar-refractivity contribution in [3.8, 4) is 5.69 Å². The number of rotatable bonds is 2. The van der Waals surface area contributed by atoms with Gasteiger partial charge < -0.3 is 4.57 Å². The second-order valence-electron chi connectivity index (χ2n) is 5.19. The van der Waals surface area contributed by atoms with Crippen molar-refractivity contribution in [2.75, 3.05) is 0 Å². The van der Waals surface area contributed by atoms with Crippen LogP contribution in [0.15, 0.2) is 53.8 Å². The van der Waals surface area contributed by atoms with Crippen LogP contribution in [0, 0.1) is 0 Å². The molecule has 4 nitrogen and oxygen atoms in total. The molecule has 0 spiro atoms. The lowest BCUT2D eigenvalue weighted by molar-refractivity contribution is 0.877. The zero-order valence-electron chi connectivity index (χ0n) is 12.1. The molecule has 0 N–H and O–H groups in total. The fourth-order valence-corrected chi connectivity index (χ4v) is 3.02. The molecule has 0 aliphatic carbocycles. The molecule has 3 heterocycles. The summed E-state index contributed by atoms with van der Waals surface area (Å²) < 4.78 is 2.03. The lowest BCUT2D eigenvalue weighted by Crippen LogP contribution is -2.08. The van der Waals surface area contributed by atoms with Gasteiger partial charge in [0.25, 0.3) is 0 Å². The Kier molecular flexibility index (Phi) is 3.63. The third kappa shape index (κ3) is 2.54. The van der Waals surface area contributed by atoms with E-state index in [0.717, 1.165) is 34.2 Å². The van der Waals surface area contributed by atoms with Crippen LogP contribution in [0.25, 0.3) is 5.69 Å². The SMILES string of the molecule is ClCc1cn2c(n1)CN=C(c1ccccn1)c1cc(Cl)ccc1-2. The Bertz CT molecular complexity index is 900. The van der Waals surface area contributed by atoms with Gasteiger partial charge in [0.05, 0.1) is 35.2 Å². The van der Waals surface area contributed by atoms with Crippen LogP contribution in [0.5, 0.6) is 0 Å². The summed E-state index contributed by atoms with van der Waals surface area (Å²) in [5.74, 6) is 1.23. The first-order chi connectivity index (χ1) is 11.3. The number of halogens is 2. The minimum atomic E-state index is 0.375. The maximum Gasteiger partial charge on any atom is 0.135 e. The van der Waals surface area contributed by atoms with Crippen molar-refractivity contribution < 1.29 is 0 Å². The first kappa shape index (κ1) is 14.4. The first-order valence-corrected chi connectivity index (χ1v) is 8.07. The van der Waals surface area contributed by atoms with Crippen LogP contribution in [0.1, 0.15) is 22.8 Å². The Balaban J connectivity index is 1.96. The van der Waals surface area contributed by atoms with Crippen LogP contribution in [-0.4, -0.2) is 20.2 Å². The minimum absolute atomic E-state index is 0.375. The van der Waals surface area contributed by atoms with Crippen molar-refractivity contribution in [1.82, 2.24) is 14.5 Å². The van der Waals surface area contributed by atoms with E-state index in [1.54, 1.807) is 6.20 Å². The molecule has 0 atom stereocenters. The molecule has 0 unspecified atom stereocenters. The third-order valence-corrected chi connectivity index (χ3v) is 4.23. The van der Waals surface area contributed by atoms with E-state index in [4.69, 9.17) is 28.2 Å². The molecule has 114 valence electrons. The molecule has 0 bridgehead atoms. The molecule has 1 aromatic carbocycles. The largest absolute Gasteiger partial charge is 0.301 e. The van der Waals surface area contributed by atoms with E-state index in [1.165, 1.54) is 0 Å². The topological polar surface area (TPSA) is 43.1 Å². The summed E-state index contributed by atoms with van der Waals surface area (Å²) in [7, 11) is 0. The highest BCUT2D eigenvalue weighted by molar-refractivity contribution is 6.31. The third-order valence-electron chi connectivity index (χ3n) is 3.73. The fourth-order valence-electron chi connectivity index (χ4n) is 2.72. The highest BCUT2D eigenvalue weighted by Crippen LogP contribution is 2.27. The van der Waals surface area contributed by atoms with Crippen molar-refractivity contribution in [2.24, 2.45) is 4.99 Å². The number of alkyl halides is 1. The predicted octanol–water partition coefficient (Wildman–Crippen LogP) is 4.01. The van der Waals surface area contributed by atoms with Gasteiger partial charge in [-0.1, -0.05) is 17.7 Å². The lowest BCUT2D eigenvalue weighted by Gasteiger charge is -2.11. The summed E-state index contributed by atoms with van der Waals surface area (Å²) in [6.45, 7) is 0.467. The molecule has 2 aromatic heterocycles. The Morgan fingerprint density at radius 2 is 2.09 bits per heavy atom. The number of pyridine rings is 1. The summed E-state index contributed by atoms with van der Waals surface area (Å²) in [5, 5.41) is 0.661. The second-order valence-corrected chi connectivity index (χ2v) is 5.90. The van der Waals surface area contributed by atoms with Crippen LogP contribution >= 0.6 is 23.2 Å². The Hall–Kier alpha value is -2.17. The second kappa shape index (κ2) is 5.80.